The van der Waals surface area contributed by atoms with Crippen LogP contribution in [0.2, 0.25) is 0 Å². The first-order chi connectivity index (χ1) is 12.0. The summed E-state index contributed by atoms with van der Waals surface area (Å²) in [5.41, 5.74) is 10.4. The number of nitrogens with two attached hydrogens (primary N) is 2. The lowest BCUT2D eigenvalue weighted by molar-refractivity contribution is -0.149. The molecule has 0 fully saturated rings. The zero-order valence-electron chi connectivity index (χ0n) is 13.2. The predicted octanol–water partition coefficient (Wildman–Crippen LogP) is 5.12. The minimum Gasteiger partial charge on any atom is -0.316 e. The van der Waals surface area contributed by atoms with E-state index < -0.39 is 24.4 Å². The van der Waals surface area contributed by atoms with E-state index in [4.69, 9.17) is 11.5 Å². The molecule has 3 aromatic rings. The summed E-state index contributed by atoms with van der Waals surface area (Å²) in [4.78, 5) is 0. The van der Waals surface area contributed by atoms with Crippen molar-refractivity contribution in [3.63, 3.8) is 0 Å². The van der Waals surface area contributed by atoms with Crippen molar-refractivity contribution in [1.29, 1.82) is 0 Å². The van der Waals surface area contributed by atoms with Gasteiger partial charge in [0.25, 0.3) is 0 Å². The second-order valence-corrected chi connectivity index (χ2v) is 5.96. The third kappa shape index (κ3) is 2.99. The van der Waals surface area contributed by atoms with Crippen molar-refractivity contribution >= 4 is 21.5 Å². The minimum absolute atomic E-state index is 0.00530. The Morgan fingerprint density at radius 1 is 0.538 bits per heavy atom. The smallest absolute Gasteiger partial charge is 0.316 e. The Balaban J connectivity index is 2.52. The van der Waals surface area contributed by atoms with Crippen LogP contribution in [0.15, 0.2) is 48.5 Å². The van der Waals surface area contributed by atoms with Gasteiger partial charge in [-0.15, -0.1) is 0 Å². The Kier molecular flexibility index (Phi) is 4.36. The molecule has 0 heterocycles. The molecule has 26 heavy (non-hydrogen) atoms. The van der Waals surface area contributed by atoms with E-state index in [9.17, 15) is 26.3 Å². The molecule has 8 heteroatoms. The number of rotatable bonds is 2. The van der Waals surface area contributed by atoms with Crippen LogP contribution in [0.3, 0.4) is 0 Å². The molecule has 0 aromatic heterocycles. The molecule has 0 unspecified atom stereocenters. The van der Waals surface area contributed by atoms with Gasteiger partial charge in [0.15, 0.2) is 0 Å². The molecule has 3 aromatic carbocycles. The highest BCUT2D eigenvalue weighted by atomic mass is 19.4. The second kappa shape index (κ2) is 6.14. The summed E-state index contributed by atoms with van der Waals surface area (Å²) in [5.74, 6) is 0. The quantitative estimate of drug-likeness (QED) is 0.485. The highest BCUT2D eigenvalue weighted by Gasteiger charge is 2.43. The highest BCUT2D eigenvalue weighted by molar-refractivity contribution is 6.06. The van der Waals surface area contributed by atoms with Crippen LogP contribution >= 0.6 is 0 Å². The van der Waals surface area contributed by atoms with Gasteiger partial charge in [0.2, 0.25) is 0 Å². The average molecular weight is 372 g/mol. The van der Waals surface area contributed by atoms with Crippen LogP contribution in [-0.4, -0.2) is 12.4 Å². The molecule has 2 atom stereocenters. The fourth-order valence-electron chi connectivity index (χ4n) is 3.19. The maximum atomic E-state index is 13.3. The topological polar surface area (TPSA) is 52.0 Å². The lowest BCUT2D eigenvalue weighted by atomic mass is 9.86. The molecule has 3 rings (SSSR count). The fourth-order valence-corrected chi connectivity index (χ4v) is 3.19. The van der Waals surface area contributed by atoms with E-state index in [2.05, 4.69) is 0 Å². The fraction of sp³-hybridized carbons (Fsp3) is 0.222. The average Bonchev–Trinajstić information content (AvgIpc) is 2.56. The molecule has 0 saturated heterocycles. The van der Waals surface area contributed by atoms with Crippen molar-refractivity contribution in [2.45, 2.75) is 24.4 Å². The first-order valence-electron chi connectivity index (χ1n) is 7.61. The summed E-state index contributed by atoms with van der Waals surface area (Å²) in [6.07, 6.45) is -9.50. The van der Waals surface area contributed by atoms with Crippen LogP contribution in [0.4, 0.5) is 26.3 Å². The van der Waals surface area contributed by atoms with Gasteiger partial charge in [0, 0.05) is 0 Å². The van der Waals surface area contributed by atoms with E-state index in [1.54, 1.807) is 0 Å². The van der Waals surface area contributed by atoms with Gasteiger partial charge in [0.1, 0.15) is 12.1 Å². The van der Waals surface area contributed by atoms with Crippen molar-refractivity contribution in [2.75, 3.05) is 0 Å². The van der Waals surface area contributed by atoms with Crippen molar-refractivity contribution in [3.05, 3.63) is 59.7 Å². The molecule has 0 aliphatic carbocycles. The Morgan fingerprint density at radius 3 is 0.962 bits per heavy atom. The zero-order valence-corrected chi connectivity index (χ0v) is 13.2. The summed E-state index contributed by atoms with van der Waals surface area (Å²) >= 11 is 0. The number of alkyl halides is 6. The molecule has 138 valence electrons. The summed E-state index contributed by atoms with van der Waals surface area (Å²) < 4.78 is 79.9. The third-order valence-electron chi connectivity index (χ3n) is 4.34. The normalized spacial score (nSPS) is 15.4. The number of halogens is 6. The van der Waals surface area contributed by atoms with Crippen LogP contribution in [0.25, 0.3) is 21.5 Å². The van der Waals surface area contributed by atoms with E-state index in [0.717, 1.165) is 0 Å². The van der Waals surface area contributed by atoms with Gasteiger partial charge in [-0.1, -0.05) is 48.5 Å². The van der Waals surface area contributed by atoms with Crippen LogP contribution in [0, 0.1) is 0 Å². The molecule has 0 spiro atoms. The molecule has 0 radical (unpaired) electrons. The molecular formula is C18H14F6N2. The van der Waals surface area contributed by atoms with Gasteiger partial charge < -0.3 is 11.5 Å². The van der Waals surface area contributed by atoms with Gasteiger partial charge in [0.05, 0.1) is 0 Å². The highest BCUT2D eigenvalue weighted by Crippen LogP contribution is 2.44. The molecule has 0 amide bonds. The SMILES string of the molecule is N[C@H](c1c2ccccc2c([C@@H](N)C(F)(F)F)c2ccccc12)C(F)(F)F. The van der Waals surface area contributed by atoms with Gasteiger partial charge in [-0.2, -0.15) is 26.3 Å². The Morgan fingerprint density at radius 2 is 0.769 bits per heavy atom. The number of hydrogen-bond acceptors (Lipinski definition) is 2. The molecule has 4 N–H and O–H groups in total. The molecule has 0 bridgehead atoms. The lowest BCUT2D eigenvalue weighted by Crippen LogP contribution is -2.31. The Labute approximate surface area is 144 Å². The van der Waals surface area contributed by atoms with Crippen LogP contribution in [-0.2, 0) is 0 Å². The monoisotopic (exact) mass is 372 g/mol. The molecular weight excluding hydrogens is 358 g/mol. The lowest BCUT2D eigenvalue weighted by Gasteiger charge is -2.25. The first-order valence-corrected chi connectivity index (χ1v) is 7.61. The molecule has 0 saturated carbocycles. The molecule has 0 aliphatic heterocycles. The Bertz CT molecular complexity index is 826. The van der Waals surface area contributed by atoms with Crippen molar-refractivity contribution in [2.24, 2.45) is 11.5 Å². The maximum absolute atomic E-state index is 13.3. The summed E-state index contributed by atoms with van der Waals surface area (Å²) in [5, 5.41) is 0.0212. The van der Waals surface area contributed by atoms with Crippen LogP contribution < -0.4 is 11.5 Å². The summed E-state index contributed by atoms with van der Waals surface area (Å²) in [6, 6.07) is 6.44. The third-order valence-corrected chi connectivity index (χ3v) is 4.34. The number of hydrogen-bond donors (Lipinski definition) is 2. The summed E-state index contributed by atoms with van der Waals surface area (Å²) in [7, 11) is 0. The Hall–Kier alpha value is -2.32. The van der Waals surface area contributed by atoms with E-state index in [0.29, 0.717) is 0 Å². The predicted molar refractivity (Wildman–Crippen MR) is 87.4 cm³/mol. The van der Waals surface area contributed by atoms with E-state index in [1.165, 1.54) is 48.5 Å². The van der Waals surface area contributed by atoms with Crippen molar-refractivity contribution in [1.82, 2.24) is 0 Å². The van der Waals surface area contributed by atoms with Gasteiger partial charge in [-0.25, -0.2) is 0 Å². The van der Waals surface area contributed by atoms with Gasteiger partial charge in [-0.3, -0.25) is 0 Å². The van der Waals surface area contributed by atoms with Crippen molar-refractivity contribution < 1.29 is 26.3 Å². The first kappa shape index (κ1) is 18.5. The summed E-state index contributed by atoms with van der Waals surface area (Å²) in [6.45, 7) is 0. The molecule has 0 aliphatic rings. The van der Waals surface area contributed by atoms with Crippen LogP contribution in [0.5, 0.6) is 0 Å². The number of benzene rings is 3. The van der Waals surface area contributed by atoms with E-state index >= 15 is 0 Å². The molecule has 2 nitrogen and oxygen atoms in total. The number of fused-ring (bicyclic) bond motifs is 2. The van der Waals surface area contributed by atoms with Gasteiger partial charge in [-0.05, 0) is 32.7 Å². The van der Waals surface area contributed by atoms with E-state index in [1.807, 2.05) is 0 Å². The largest absolute Gasteiger partial charge is 0.407 e. The van der Waals surface area contributed by atoms with Crippen LogP contribution in [0.1, 0.15) is 23.2 Å². The van der Waals surface area contributed by atoms with E-state index in [-0.39, 0.29) is 32.7 Å². The zero-order chi connectivity index (χ0) is 19.3. The second-order valence-electron chi connectivity index (χ2n) is 5.96. The standard InChI is InChI=1S/C18H14F6N2/c19-17(20,21)15(25)13-9-5-1-2-6-10(9)14(16(26)18(22,23)24)12-8-4-3-7-11(12)13/h1-8,15-16H,25-26H2/t15-,16-/m1/s1. The minimum atomic E-state index is -4.75. The van der Waals surface area contributed by atoms with Crippen molar-refractivity contribution in [3.8, 4) is 0 Å². The van der Waals surface area contributed by atoms with Gasteiger partial charge >= 0.3 is 12.4 Å². The maximum Gasteiger partial charge on any atom is 0.407 e.